The molecule has 1 aliphatic rings. The summed E-state index contributed by atoms with van der Waals surface area (Å²) in [5, 5.41) is 2.94. The fourth-order valence-electron chi connectivity index (χ4n) is 3.43. The van der Waals surface area contributed by atoms with Gasteiger partial charge in [0.1, 0.15) is 17.3 Å². The zero-order valence-electron chi connectivity index (χ0n) is 15.7. The van der Waals surface area contributed by atoms with Crippen molar-refractivity contribution in [3.05, 3.63) is 53.8 Å². The van der Waals surface area contributed by atoms with E-state index in [1.54, 1.807) is 32.4 Å². The Morgan fingerprint density at radius 2 is 1.89 bits per heavy atom. The number of carbonyl (C=O) groups is 1. The summed E-state index contributed by atoms with van der Waals surface area (Å²) in [5.74, 6) is 1.17. The third-order valence-electron chi connectivity index (χ3n) is 4.95. The van der Waals surface area contributed by atoms with E-state index in [0.29, 0.717) is 30.3 Å². The minimum absolute atomic E-state index is 0.160. The van der Waals surface area contributed by atoms with E-state index < -0.39 is 0 Å². The SMILES string of the molecule is COc1ccc(NC(=O)N2CCCCC(c3ccc(F)cc3)C2)c(OC)c1. The molecule has 1 N–H and O–H groups in total. The van der Waals surface area contributed by atoms with Crippen molar-refractivity contribution in [1.82, 2.24) is 4.90 Å². The van der Waals surface area contributed by atoms with Gasteiger partial charge in [0.25, 0.3) is 0 Å². The van der Waals surface area contributed by atoms with Crippen LogP contribution < -0.4 is 14.8 Å². The van der Waals surface area contributed by atoms with Crippen molar-refractivity contribution in [1.29, 1.82) is 0 Å². The summed E-state index contributed by atoms with van der Waals surface area (Å²) in [7, 11) is 3.14. The van der Waals surface area contributed by atoms with Crippen LogP contribution in [0.25, 0.3) is 0 Å². The molecule has 5 nitrogen and oxygen atoms in total. The number of benzene rings is 2. The highest BCUT2D eigenvalue weighted by Crippen LogP contribution is 2.30. The first kappa shape index (κ1) is 19.0. The van der Waals surface area contributed by atoms with Crippen molar-refractivity contribution in [3.63, 3.8) is 0 Å². The summed E-state index contributed by atoms with van der Waals surface area (Å²) in [4.78, 5) is 14.7. The van der Waals surface area contributed by atoms with E-state index in [-0.39, 0.29) is 17.8 Å². The minimum atomic E-state index is -0.242. The lowest BCUT2D eigenvalue weighted by molar-refractivity contribution is 0.211. The highest BCUT2D eigenvalue weighted by molar-refractivity contribution is 5.91. The smallest absolute Gasteiger partial charge is 0.321 e. The summed E-state index contributed by atoms with van der Waals surface area (Å²) in [6.07, 6.45) is 2.98. The highest BCUT2D eigenvalue weighted by Gasteiger charge is 2.24. The summed E-state index contributed by atoms with van der Waals surface area (Å²) >= 11 is 0. The third kappa shape index (κ3) is 4.70. The largest absolute Gasteiger partial charge is 0.497 e. The average Bonchev–Trinajstić information content (AvgIpc) is 2.95. The molecule has 3 rings (SSSR count). The number of carbonyl (C=O) groups excluding carboxylic acids is 1. The van der Waals surface area contributed by atoms with E-state index in [9.17, 15) is 9.18 Å². The second-order valence-electron chi connectivity index (χ2n) is 6.69. The van der Waals surface area contributed by atoms with E-state index in [0.717, 1.165) is 24.8 Å². The molecule has 2 aromatic rings. The summed E-state index contributed by atoms with van der Waals surface area (Å²) in [5.41, 5.74) is 1.67. The standard InChI is InChI=1S/C21H25FN2O3/c1-26-18-10-11-19(20(13-18)27-2)23-21(25)24-12-4-3-5-16(14-24)15-6-8-17(22)9-7-15/h6-11,13,16H,3-5,12,14H2,1-2H3,(H,23,25). The van der Waals surface area contributed by atoms with Crippen LogP contribution in [0.2, 0.25) is 0 Å². The minimum Gasteiger partial charge on any atom is -0.497 e. The van der Waals surface area contributed by atoms with E-state index in [1.807, 2.05) is 17.0 Å². The zero-order chi connectivity index (χ0) is 19.2. The Kier molecular flexibility index (Phi) is 6.16. The maximum absolute atomic E-state index is 13.2. The Hall–Kier alpha value is -2.76. The Balaban J connectivity index is 1.72. The van der Waals surface area contributed by atoms with Gasteiger partial charge in [0.2, 0.25) is 0 Å². The predicted molar refractivity (Wildman–Crippen MR) is 103 cm³/mol. The quantitative estimate of drug-likeness (QED) is 0.850. The van der Waals surface area contributed by atoms with Crippen molar-refractivity contribution in [3.8, 4) is 11.5 Å². The van der Waals surface area contributed by atoms with Crippen LogP contribution in [0.15, 0.2) is 42.5 Å². The molecule has 0 bridgehead atoms. The number of hydrogen-bond donors (Lipinski definition) is 1. The molecule has 0 spiro atoms. The van der Waals surface area contributed by atoms with Crippen molar-refractivity contribution in [2.45, 2.75) is 25.2 Å². The predicted octanol–water partition coefficient (Wildman–Crippen LogP) is 4.64. The normalized spacial score (nSPS) is 17.1. The maximum atomic E-state index is 13.2. The van der Waals surface area contributed by atoms with Crippen LogP contribution in [0.1, 0.15) is 30.7 Å². The van der Waals surface area contributed by atoms with Crippen LogP contribution in [0.5, 0.6) is 11.5 Å². The Bertz CT molecular complexity index is 779. The number of rotatable bonds is 4. The average molecular weight is 372 g/mol. The van der Waals surface area contributed by atoms with Crippen LogP contribution in [-0.4, -0.2) is 38.2 Å². The number of ether oxygens (including phenoxy) is 2. The van der Waals surface area contributed by atoms with Gasteiger partial charge in [-0.1, -0.05) is 18.6 Å². The molecular formula is C21H25FN2O3. The lowest BCUT2D eigenvalue weighted by Crippen LogP contribution is -2.37. The highest BCUT2D eigenvalue weighted by atomic mass is 19.1. The molecule has 144 valence electrons. The lowest BCUT2D eigenvalue weighted by Gasteiger charge is -2.25. The summed E-state index contributed by atoms with van der Waals surface area (Å²) in [6.45, 7) is 1.30. The van der Waals surface area contributed by atoms with E-state index in [1.165, 1.54) is 12.1 Å². The second-order valence-corrected chi connectivity index (χ2v) is 6.69. The van der Waals surface area contributed by atoms with Crippen LogP contribution in [0.3, 0.4) is 0 Å². The number of halogens is 1. The van der Waals surface area contributed by atoms with Crippen LogP contribution in [0, 0.1) is 5.82 Å². The molecule has 6 heteroatoms. The number of urea groups is 1. The van der Waals surface area contributed by atoms with Gasteiger partial charge in [0.05, 0.1) is 19.9 Å². The zero-order valence-corrected chi connectivity index (χ0v) is 15.7. The molecule has 1 heterocycles. The topological polar surface area (TPSA) is 50.8 Å². The first-order chi connectivity index (χ1) is 13.1. The van der Waals surface area contributed by atoms with E-state index >= 15 is 0 Å². The van der Waals surface area contributed by atoms with Gasteiger partial charge < -0.3 is 19.7 Å². The molecule has 0 aromatic heterocycles. The number of hydrogen-bond acceptors (Lipinski definition) is 3. The van der Waals surface area contributed by atoms with Gasteiger partial charge in [-0.25, -0.2) is 9.18 Å². The molecule has 1 saturated heterocycles. The Morgan fingerprint density at radius 3 is 2.59 bits per heavy atom. The Morgan fingerprint density at radius 1 is 1.11 bits per heavy atom. The van der Waals surface area contributed by atoms with Crippen LogP contribution in [-0.2, 0) is 0 Å². The number of nitrogens with zero attached hydrogens (tertiary/aromatic N) is 1. The number of amides is 2. The van der Waals surface area contributed by atoms with Gasteiger partial charge in [0, 0.05) is 25.1 Å². The monoisotopic (exact) mass is 372 g/mol. The number of nitrogens with one attached hydrogen (secondary N) is 1. The molecule has 1 unspecified atom stereocenters. The van der Waals surface area contributed by atoms with Gasteiger partial charge >= 0.3 is 6.03 Å². The maximum Gasteiger partial charge on any atom is 0.321 e. The number of methoxy groups -OCH3 is 2. The molecule has 0 radical (unpaired) electrons. The van der Waals surface area contributed by atoms with Crippen molar-refractivity contribution in [2.75, 3.05) is 32.6 Å². The molecule has 27 heavy (non-hydrogen) atoms. The van der Waals surface area contributed by atoms with Gasteiger partial charge in [-0.15, -0.1) is 0 Å². The second kappa shape index (κ2) is 8.75. The van der Waals surface area contributed by atoms with Crippen molar-refractivity contribution < 1.29 is 18.7 Å². The van der Waals surface area contributed by atoms with Crippen molar-refractivity contribution in [2.24, 2.45) is 0 Å². The molecule has 2 amide bonds. The fraction of sp³-hybridized carbons (Fsp3) is 0.381. The molecule has 1 atom stereocenters. The number of likely N-dealkylation sites (tertiary alicyclic amines) is 1. The molecule has 2 aromatic carbocycles. The Labute approximate surface area is 159 Å². The lowest BCUT2D eigenvalue weighted by atomic mass is 9.94. The molecule has 0 saturated carbocycles. The first-order valence-corrected chi connectivity index (χ1v) is 9.14. The van der Waals surface area contributed by atoms with Gasteiger partial charge in [-0.05, 0) is 42.7 Å². The first-order valence-electron chi connectivity index (χ1n) is 9.14. The van der Waals surface area contributed by atoms with E-state index in [4.69, 9.17) is 9.47 Å². The number of anilines is 1. The van der Waals surface area contributed by atoms with Gasteiger partial charge in [-0.2, -0.15) is 0 Å². The summed E-state index contributed by atoms with van der Waals surface area (Å²) < 4.78 is 23.8. The van der Waals surface area contributed by atoms with E-state index in [2.05, 4.69) is 5.32 Å². The molecule has 0 aliphatic carbocycles. The molecule has 1 fully saturated rings. The van der Waals surface area contributed by atoms with Crippen LogP contribution >= 0.6 is 0 Å². The van der Waals surface area contributed by atoms with Gasteiger partial charge in [0.15, 0.2) is 0 Å². The van der Waals surface area contributed by atoms with Crippen LogP contribution in [0.4, 0.5) is 14.9 Å². The van der Waals surface area contributed by atoms with Crippen molar-refractivity contribution >= 4 is 11.7 Å². The fourth-order valence-corrected chi connectivity index (χ4v) is 3.43. The molecule has 1 aliphatic heterocycles. The van der Waals surface area contributed by atoms with Gasteiger partial charge in [-0.3, -0.25) is 0 Å². The summed E-state index contributed by atoms with van der Waals surface area (Å²) in [6, 6.07) is 11.7. The third-order valence-corrected chi connectivity index (χ3v) is 4.95. The molecular weight excluding hydrogens is 347 g/mol.